The Balaban J connectivity index is 1.61. The van der Waals surface area contributed by atoms with Crippen molar-refractivity contribution in [3.8, 4) is 11.4 Å². The van der Waals surface area contributed by atoms with Gasteiger partial charge in [-0.3, -0.25) is 4.79 Å². The predicted octanol–water partition coefficient (Wildman–Crippen LogP) is 2.95. The zero-order valence-corrected chi connectivity index (χ0v) is 17.4. The number of halogens is 1. The fraction of sp³-hybridized carbons (Fsp3) is 0.263. The summed E-state index contributed by atoms with van der Waals surface area (Å²) < 4.78 is 27.3. The number of aromatic nitrogens is 4. The number of amides is 1. The topological polar surface area (TPSA) is 121 Å². The maximum atomic E-state index is 12.9. The second-order valence-corrected chi connectivity index (χ2v) is 9.26. The molecule has 0 spiro atoms. The van der Waals surface area contributed by atoms with E-state index < -0.39 is 15.9 Å². The van der Waals surface area contributed by atoms with Crippen molar-refractivity contribution < 1.29 is 13.2 Å². The average Bonchev–Trinajstić information content (AvgIpc) is 3.29. The van der Waals surface area contributed by atoms with Crippen LogP contribution in [-0.4, -0.2) is 52.3 Å². The average molecular weight is 447 g/mol. The van der Waals surface area contributed by atoms with Gasteiger partial charge in [-0.1, -0.05) is 24.1 Å². The standard InChI is InChI=1S/C19H19ClN6O3S/c20-14-7-8-16(18-22-24-25-23-18)17(12-14)21-19(27)13-5-4-6-15(11-13)30(28,29)26-9-2-1-3-10-26/h4-8,11-12H,1-3,9-10H2,(H,21,27)(H,22,23,24,25). The smallest absolute Gasteiger partial charge is 0.255 e. The Morgan fingerprint density at radius 3 is 2.63 bits per heavy atom. The summed E-state index contributed by atoms with van der Waals surface area (Å²) in [6.07, 6.45) is 2.71. The van der Waals surface area contributed by atoms with Gasteiger partial charge in [0.15, 0.2) is 5.82 Å². The fourth-order valence-corrected chi connectivity index (χ4v) is 5.08. The lowest BCUT2D eigenvalue weighted by atomic mass is 10.1. The van der Waals surface area contributed by atoms with Crippen LogP contribution in [0.5, 0.6) is 0 Å². The summed E-state index contributed by atoms with van der Waals surface area (Å²) in [5, 5.41) is 16.8. The first-order chi connectivity index (χ1) is 14.4. The number of aromatic amines is 1. The minimum atomic E-state index is -3.64. The van der Waals surface area contributed by atoms with E-state index in [9.17, 15) is 13.2 Å². The number of anilines is 1. The first-order valence-electron chi connectivity index (χ1n) is 9.40. The van der Waals surface area contributed by atoms with Crippen LogP contribution >= 0.6 is 11.6 Å². The molecule has 1 amide bonds. The van der Waals surface area contributed by atoms with Crippen molar-refractivity contribution in [2.24, 2.45) is 0 Å². The van der Waals surface area contributed by atoms with Crippen molar-refractivity contribution in [3.05, 3.63) is 53.1 Å². The Kier molecular flexibility index (Phi) is 5.80. The summed E-state index contributed by atoms with van der Waals surface area (Å²) in [4.78, 5) is 13.0. The van der Waals surface area contributed by atoms with Gasteiger partial charge in [0, 0.05) is 29.2 Å². The van der Waals surface area contributed by atoms with Crippen LogP contribution in [0.4, 0.5) is 5.69 Å². The Hall–Kier alpha value is -2.82. The van der Waals surface area contributed by atoms with Crippen molar-refractivity contribution in [2.75, 3.05) is 18.4 Å². The van der Waals surface area contributed by atoms with Crippen molar-refractivity contribution in [1.82, 2.24) is 24.9 Å². The Bertz CT molecular complexity index is 1160. The van der Waals surface area contributed by atoms with Crippen LogP contribution in [0, 0.1) is 0 Å². The molecule has 0 atom stereocenters. The van der Waals surface area contributed by atoms with Crippen LogP contribution < -0.4 is 5.32 Å². The highest BCUT2D eigenvalue weighted by atomic mass is 35.5. The molecule has 1 fully saturated rings. The number of piperidine rings is 1. The molecule has 3 aromatic rings. The van der Waals surface area contributed by atoms with E-state index in [0.717, 1.165) is 19.3 Å². The summed E-state index contributed by atoms with van der Waals surface area (Å²) in [7, 11) is -3.64. The maximum absolute atomic E-state index is 12.9. The van der Waals surface area contributed by atoms with Gasteiger partial charge in [0.1, 0.15) is 0 Å². The van der Waals surface area contributed by atoms with E-state index in [0.29, 0.717) is 35.2 Å². The molecule has 0 radical (unpaired) electrons. The Morgan fingerprint density at radius 1 is 1.10 bits per heavy atom. The molecule has 9 nitrogen and oxygen atoms in total. The molecule has 0 saturated carbocycles. The van der Waals surface area contributed by atoms with Crippen LogP contribution in [0.25, 0.3) is 11.4 Å². The van der Waals surface area contributed by atoms with E-state index >= 15 is 0 Å². The molecular formula is C19H19ClN6O3S. The van der Waals surface area contributed by atoms with E-state index in [4.69, 9.17) is 11.6 Å². The predicted molar refractivity (Wildman–Crippen MR) is 112 cm³/mol. The number of benzene rings is 2. The number of hydrogen-bond donors (Lipinski definition) is 2. The third kappa shape index (κ3) is 4.20. The lowest BCUT2D eigenvalue weighted by Crippen LogP contribution is -2.35. The third-order valence-electron chi connectivity index (χ3n) is 4.88. The van der Waals surface area contributed by atoms with Crippen molar-refractivity contribution in [2.45, 2.75) is 24.2 Å². The molecule has 4 rings (SSSR count). The summed E-state index contributed by atoms with van der Waals surface area (Å²) in [6.45, 7) is 0.992. The van der Waals surface area contributed by atoms with E-state index in [1.54, 1.807) is 30.3 Å². The van der Waals surface area contributed by atoms with Gasteiger partial charge in [0.2, 0.25) is 10.0 Å². The van der Waals surface area contributed by atoms with Gasteiger partial charge in [0.25, 0.3) is 5.91 Å². The molecule has 1 aliphatic heterocycles. The summed E-state index contributed by atoms with van der Waals surface area (Å²) >= 11 is 6.08. The largest absolute Gasteiger partial charge is 0.321 e. The van der Waals surface area contributed by atoms with Crippen LogP contribution in [0.1, 0.15) is 29.6 Å². The molecule has 0 bridgehead atoms. The quantitative estimate of drug-likeness (QED) is 0.621. The number of nitrogens with one attached hydrogen (secondary N) is 2. The molecule has 2 N–H and O–H groups in total. The first kappa shape index (κ1) is 20.5. The number of carbonyl (C=O) groups is 1. The van der Waals surface area contributed by atoms with E-state index in [2.05, 4.69) is 25.9 Å². The van der Waals surface area contributed by atoms with Crippen molar-refractivity contribution in [3.63, 3.8) is 0 Å². The zero-order valence-electron chi connectivity index (χ0n) is 15.9. The number of nitrogens with zero attached hydrogens (tertiary/aromatic N) is 4. The van der Waals surface area contributed by atoms with Gasteiger partial charge in [-0.25, -0.2) is 13.5 Å². The van der Waals surface area contributed by atoms with Gasteiger partial charge >= 0.3 is 0 Å². The highest BCUT2D eigenvalue weighted by Gasteiger charge is 2.26. The normalized spacial score (nSPS) is 15.1. The second-order valence-electron chi connectivity index (χ2n) is 6.89. The molecule has 156 valence electrons. The molecule has 0 unspecified atom stereocenters. The number of sulfonamides is 1. The Morgan fingerprint density at radius 2 is 1.90 bits per heavy atom. The molecular weight excluding hydrogens is 428 g/mol. The SMILES string of the molecule is O=C(Nc1cc(Cl)ccc1-c1nnn[nH]1)c1cccc(S(=O)(=O)N2CCCCC2)c1. The van der Waals surface area contributed by atoms with Gasteiger partial charge in [-0.05, 0) is 59.7 Å². The molecule has 1 aliphatic rings. The van der Waals surface area contributed by atoms with Crippen molar-refractivity contribution >= 4 is 33.2 Å². The van der Waals surface area contributed by atoms with E-state index in [1.807, 2.05) is 0 Å². The molecule has 11 heteroatoms. The lowest BCUT2D eigenvalue weighted by Gasteiger charge is -2.26. The van der Waals surface area contributed by atoms with Crippen LogP contribution in [0.15, 0.2) is 47.4 Å². The molecule has 1 aromatic heterocycles. The highest BCUT2D eigenvalue weighted by Crippen LogP contribution is 2.29. The molecule has 0 aliphatic carbocycles. The summed E-state index contributed by atoms with van der Waals surface area (Å²) in [5.41, 5.74) is 1.17. The van der Waals surface area contributed by atoms with Crippen LogP contribution in [0.3, 0.4) is 0 Å². The monoisotopic (exact) mass is 446 g/mol. The third-order valence-corrected chi connectivity index (χ3v) is 7.01. The number of carbonyl (C=O) groups excluding carboxylic acids is 1. The van der Waals surface area contributed by atoms with Crippen LogP contribution in [0.2, 0.25) is 5.02 Å². The lowest BCUT2D eigenvalue weighted by molar-refractivity contribution is 0.102. The summed E-state index contributed by atoms with van der Waals surface area (Å²) in [6, 6.07) is 10.9. The van der Waals surface area contributed by atoms with Crippen molar-refractivity contribution in [1.29, 1.82) is 0 Å². The molecule has 2 aromatic carbocycles. The first-order valence-corrected chi connectivity index (χ1v) is 11.2. The molecule has 2 heterocycles. The van der Waals surface area contributed by atoms with Gasteiger partial charge < -0.3 is 5.32 Å². The number of tetrazole rings is 1. The fourth-order valence-electron chi connectivity index (χ4n) is 3.35. The number of H-pyrrole nitrogens is 1. The Labute approximate surface area is 178 Å². The zero-order chi connectivity index (χ0) is 21.1. The minimum absolute atomic E-state index is 0.0998. The van der Waals surface area contributed by atoms with E-state index in [-0.39, 0.29) is 10.5 Å². The van der Waals surface area contributed by atoms with Gasteiger partial charge in [-0.2, -0.15) is 4.31 Å². The number of rotatable bonds is 5. The second kappa shape index (κ2) is 8.50. The molecule has 1 saturated heterocycles. The van der Waals surface area contributed by atoms with Crippen LogP contribution in [-0.2, 0) is 10.0 Å². The molecule has 30 heavy (non-hydrogen) atoms. The minimum Gasteiger partial charge on any atom is -0.321 e. The van der Waals surface area contributed by atoms with E-state index in [1.165, 1.54) is 16.4 Å². The van der Waals surface area contributed by atoms with Gasteiger partial charge in [-0.15, -0.1) is 5.10 Å². The van der Waals surface area contributed by atoms with Gasteiger partial charge in [0.05, 0.1) is 10.6 Å². The number of hydrogen-bond acceptors (Lipinski definition) is 6. The summed E-state index contributed by atoms with van der Waals surface area (Å²) in [5.74, 6) is -0.106. The maximum Gasteiger partial charge on any atom is 0.255 e. The highest BCUT2D eigenvalue weighted by molar-refractivity contribution is 7.89.